The number of primary amides is 1. The normalized spacial score (nSPS) is 10.2. The number of amides is 1. The van der Waals surface area contributed by atoms with Crippen LogP contribution >= 0.6 is 0 Å². The average molecular weight is 258 g/mol. The van der Waals surface area contributed by atoms with Gasteiger partial charge in [-0.1, -0.05) is 18.2 Å². The number of hydrogen-bond donors (Lipinski definition) is 3. The first kappa shape index (κ1) is 12.9. The van der Waals surface area contributed by atoms with Crippen LogP contribution in [0.25, 0.3) is 0 Å². The molecule has 1 amide bonds. The molecule has 0 aromatic heterocycles. The van der Waals surface area contributed by atoms with Gasteiger partial charge in [0, 0.05) is 11.3 Å². The molecule has 5 nitrogen and oxygen atoms in total. The number of carbonyl (C=O) groups excluding carboxylic acids is 1. The summed E-state index contributed by atoms with van der Waals surface area (Å²) < 4.78 is 5.62. The minimum Gasteiger partial charge on any atom is -0.457 e. The lowest BCUT2D eigenvalue weighted by atomic mass is 10.1. The number of aliphatic hydroxyl groups is 1. The molecular weight excluding hydrogens is 244 g/mol. The van der Waals surface area contributed by atoms with Gasteiger partial charge in [0.2, 0.25) is 0 Å². The first-order valence-electron chi connectivity index (χ1n) is 5.67. The molecule has 0 bridgehead atoms. The van der Waals surface area contributed by atoms with E-state index in [4.69, 9.17) is 16.2 Å². The molecule has 0 aliphatic heterocycles. The number of anilines is 1. The second-order valence-electron chi connectivity index (χ2n) is 3.98. The third kappa shape index (κ3) is 2.83. The Morgan fingerprint density at radius 1 is 1.21 bits per heavy atom. The molecule has 0 spiro atoms. The summed E-state index contributed by atoms with van der Waals surface area (Å²) in [7, 11) is 0. The van der Waals surface area contributed by atoms with Crippen LogP contribution in [0.1, 0.15) is 15.9 Å². The van der Waals surface area contributed by atoms with E-state index >= 15 is 0 Å². The van der Waals surface area contributed by atoms with Crippen molar-refractivity contribution in [2.75, 3.05) is 5.73 Å². The molecule has 98 valence electrons. The Hall–Kier alpha value is -2.53. The van der Waals surface area contributed by atoms with Crippen molar-refractivity contribution in [2.24, 2.45) is 5.73 Å². The molecule has 2 aromatic carbocycles. The van der Waals surface area contributed by atoms with Crippen LogP contribution in [0.2, 0.25) is 0 Å². The fourth-order valence-electron chi connectivity index (χ4n) is 1.67. The molecular formula is C14H14N2O3. The predicted molar refractivity (Wildman–Crippen MR) is 71.8 cm³/mol. The fraction of sp³-hybridized carbons (Fsp3) is 0.0714. The molecule has 0 radical (unpaired) electrons. The zero-order valence-electron chi connectivity index (χ0n) is 10.2. The lowest BCUT2D eigenvalue weighted by Crippen LogP contribution is -2.13. The second-order valence-corrected chi connectivity index (χ2v) is 3.98. The minimum absolute atomic E-state index is 0.131. The Bertz CT molecular complexity index is 611. The maximum atomic E-state index is 11.2. The van der Waals surface area contributed by atoms with E-state index in [-0.39, 0.29) is 12.2 Å². The predicted octanol–water partition coefficient (Wildman–Crippen LogP) is 1.65. The number of rotatable bonds is 4. The summed E-state index contributed by atoms with van der Waals surface area (Å²) in [5.41, 5.74) is 12.0. The van der Waals surface area contributed by atoms with Gasteiger partial charge in [0.1, 0.15) is 11.5 Å². The first-order valence-corrected chi connectivity index (χ1v) is 5.67. The number of nitrogen functional groups attached to an aromatic ring is 1. The van der Waals surface area contributed by atoms with Crippen LogP contribution < -0.4 is 16.2 Å². The smallest absolute Gasteiger partial charge is 0.250 e. The lowest BCUT2D eigenvalue weighted by Gasteiger charge is -2.11. The van der Waals surface area contributed by atoms with Gasteiger partial charge >= 0.3 is 0 Å². The molecule has 0 unspecified atom stereocenters. The van der Waals surface area contributed by atoms with E-state index in [9.17, 15) is 9.90 Å². The highest BCUT2D eigenvalue weighted by molar-refractivity contribution is 5.98. The second kappa shape index (κ2) is 5.41. The van der Waals surface area contributed by atoms with Gasteiger partial charge in [-0.05, 0) is 24.3 Å². The van der Waals surface area contributed by atoms with Crippen LogP contribution in [0.3, 0.4) is 0 Å². The SMILES string of the molecule is NC(=O)c1cc(Oc2ccccc2CO)ccc1N. The van der Waals surface area contributed by atoms with E-state index in [0.29, 0.717) is 22.7 Å². The molecule has 0 saturated heterocycles. The molecule has 0 atom stereocenters. The highest BCUT2D eigenvalue weighted by Gasteiger charge is 2.09. The third-order valence-corrected chi connectivity index (χ3v) is 2.66. The Labute approximate surface area is 110 Å². The monoisotopic (exact) mass is 258 g/mol. The van der Waals surface area contributed by atoms with Gasteiger partial charge in [-0.2, -0.15) is 0 Å². The zero-order chi connectivity index (χ0) is 13.8. The molecule has 0 aliphatic rings. The molecule has 0 heterocycles. The van der Waals surface area contributed by atoms with Gasteiger partial charge in [0.05, 0.1) is 12.2 Å². The van der Waals surface area contributed by atoms with Crippen molar-refractivity contribution in [1.82, 2.24) is 0 Å². The summed E-state index contributed by atoms with van der Waals surface area (Å²) in [5, 5.41) is 9.21. The van der Waals surface area contributed by atoms with Crippen molar-refractivity contribution in [1.29, 1.82) is 0 Å². The number of benzene rings is 2. The third-order valence-electron chi connectivity index (χ3n) is 2.66. The standard InChI is InChI=1S/C14H14N2O3/c15-12-6-5-10(7-11(12)14(16)18)19-13-4-2-1-3-9(13)8-17/h1-7,17H,8,15H2,(H2,16,18). The Balaban J connectivity index is 2.33. The summed E-state index contributed by atoms with van der Waals surface area (Å²) in [6, 6.07) is 11.7. The summed E-state index contributed by atoms with van der Waals surface area (Å²) in [6.07, 6.45) is 0. The van der Waals surface area contributed by atoms with Gasteiger partial charge < -0.3 is 21.3 Å². The van der Waals surface area contributed by atoms with E-state index in [1.807, 2.05) is 0 Å². The summed E-state index contributed by atoms with van der Waals surface area (Å²) >= 11 is 0. The highest BCUT2D eigenvalue weighted by atomic mass is 16.5. The number of nitrogens with two attached hydrogens (primary N) is 2. The van der Waals surface area contributed by atoms with Crippen molar-refractivity contribution in [3.63, 3.8) is 0 Å². The van der Waals surface area contributed by atoms with E-state index in [2.05, 4.69) is 0 Å². The van der Waals surface area contributed by atoms with Crippen LogP contribution in [-0.2, 0) is 6.61 Å². The number of aliphatic hydroxyl groups excluding tert-OH is 1. The number of ether oxygens (including phenoxy) is 1. The quantitative estimate of drug-likeness (QED) is 0.726. The maximum absolute atomic E-state index is 11.2. The van der Waals surface area contributed by atoms with E-state index < -0.39 is 5.91 Å². The number of para-hydroxylation sites is 1. The van der Waals surface area contributed by atoms with Crippen molar-refractivity contribution < 1.29 is 14.6 Å². The lowest BCUT2D eigenvalue weighted by molar-refractivity contribution is 0.100. The van der Waals surface area contributed by atoms with Gasteiger partial charge in [0.15, 0.2) is 0 Å². The van der Waals surface area contributed by atoms with E-state index in [1.165, 1.54) is 6.07 Å². The van der Waals surface area contributed by atoms with Crippen LogP contribution in [0.15, 0.2) is 42.5 Å². The summed E-state index contributed by atoms with van der Waals surface area (Å²) in [6.45, 7) is -0.131. The van der Waals surface area contributed by atoms with Gasteiger partial charge in [-0.25, -0.2) is 0 Å². The van der Waals surface area contributed by atoms with Gasteiger partial charge in [-0.3, -0.25) is 4.79 Å². The number of hydrogen-bond acceptors (Lipinski definition) is 4. The van der Waals surface area contributed by atoms with Crippen molar-refractivity contribution in [2.45, 2.75) is 6.61 Å². The molecule has 2 rings (SSSR count). The molecule has 0 aliphatic carbocycles. The van der Waals surface area contributed by atoms with Crippen molar-refractivity contribution >= 4 is 11.6 Å². The zero-order valence-corrected chi connectivity index (χ0v) is 10.2. The fourth-order valence-corrected chi connectivity index (χ4v) is 1.67. The highest BCUT2D eigenvalue weighted by Crippen LogP contribution is 2.27. The van der Waals surface area contributed by atoms with Crippen LogP contribution in [0.5, 0.6) is 11.5 Å². The maximum Gasteiger partial charge on any atom is 0.250 e. The van der Waals surface area contributed by atoms with E-state index in [1.54, 1.807) is 36.4 Å². The first-order chi connectivity index (χ1) is 9.11. The van der Waals surface area contributed by atoms with Crippen LogP contribution in [0, 0.1) is 0 Å². The summed E-state index contributed by atoms with van der Waals surface area (Å²) in [5.74, 6) is 0.340. The molecule has 0 saturated carbocycles. The number of carbonyl (C=O) groups is 1. The van der Waals surface area contributed by atoms with Gasteiger partial charge in [-0.15, -0.1) is 0 Å². The Morgan fingerprint density at radius 2 is 1.95 bits per heavy atom. The average Bonchev–Trinajstić information content (AvgIpc) is 2.41. The van der Waals surface area contributed by atoms with Crippen LogP contribution in [-0.4, -0.2) is 11.0 Å². The molecule has 19 heavy (non-hydrogen) atoms. The molecule has 5 N–H and O–H groups in total. The topological polar surface area (TPSA) is 98.6 Å². The Morgan fingerprint density at radius 3 is 2.63 bits per heavy atom. The molecule has 2 aromatic rings. The molecule has 0 fully saturated rings. The van der Waals surface area contributed by atoms with Crippen molar-refractivity contribution in [3.8, 4) is 11.5 Å². The molecule has 5 heteroatoms. The van der Waals surface area contributed by atoms with Crippen molar-refractivity contribution in [3.05, 3.63) is 53.6 Å². The summed E-state index contributed by atoms with van der Waals surface area (Å²) in [4.78, 5) is 11.2. The van der Waals surface area contributed by atoms with Gasteiger partial charge in [0.25, 0.3) is 5.91 Å². The largest absolute Gasteiger partial charge is 0.457 e. The van der Waals surface area contributed by atoms with E-state index in [0.717, 1.165) is 0 Å². The van der Waals surface area contributed by atoms with Crippen LogP contribution in [0.4, 0.5) is 5.69 Å². The Kier molecular flexibility index (Phi) is 3.68. The minimum atomic E-state index is -0.613.